The number of rotatable bonds is 37. The molecule has 0 aliphatic carbocycles. The van der Waals surface area contributed by atoms with Crippen molar-refractivity contribution in [1.29, 1.82) is 0 Å². The molecule has 0 aromatic heterocycles. The highest BCUT2D eigenvalue weighted by Gasteiger charge is 2.27. The smallest absolute Gasteiger partial charge is 0.267 e. The molecule has 0 aliphatic heterocycles. The zero-order valence-electron chi connectivity index (χ0n) is 32.4. The average molecular weight is 726 g/mol. The molecule has 0 saturated carbocycles. The minimum absolute atomic E-state index is 0.267. The molecule has 4 N–H and O–H groups in total. The van der Waals surface area contributed by atoms with Gasteiger partial charge in [-0.3, -0.25) is 9.35 Å². The lowest BCUT2D eigenvalue weighted by molar-refractivity contribution is -0.130. The second kappa shape index (κ2) is 35.9. The number of aliphatic hydroxyl groups is 2. The average Bonchev–Trinajstić information content (AvgIpc) is 3.08. The van der Waals surface area contributed by atoms with E-state index >= 15 is 0 Å². The number of unbranched alkanes of at least 4 members (excludes halogenated alkanes) is 24. The molecule has 0 aliphatic rings. The lowest BCUT2D eigenvalue weighted by atomic mass is 10.0. The van der Waals surface area contributed by atoms with Gasteiger partial charge in [0.15, 0.2) is 0 Å². The highest BCUT2D eigenvalue weighted by Crippen LogP contribution is 2.14. The van der Waals surface area contributed by atoms with Crippen LogP contribution in [0.25, 0.3) is 0 Å². The Hall–Kier alpha value is -1.48. The van der Waals surface area contributed by atoms with Crippen LogP contribution < -0.4 is 5.32 Å². The summed E-state index contributed by atoms with van der Waals surface area (Å²) in [5.74, 6) is -1.56. The second-order valence-corrected chi connectivity index (χ2v) is 15.9. The molecule has 8 heteroatoms. The largest absolute Gasteiger partial charge is 0.387 e. The molecule has 50 heavy (non-hydrogen) atoms. The third kappa shape index (κ3) is 34.9. The molecule has 0 spiro atoms. The molecule has 0 radical (unpaired) electrons. The number of allylic oxidation sites excluding steroid dienone is 5. The lowest BCUT2D eigenvalue weighted by Gasteiger charge is -2.22. The quantitative estimate of drug-likeness (QED) is 0.0287. The van der Waals surface area contributed by atoms with Crippen LogP contribution in [0.3, 0.4) is 0 Å². The van der Waals surface area contributed by atoms with Gasteiger partial charge in [0.2, 0.25) is 5.91 Å². The molecule has 0 fully saturated rings. The maximum Gasteiger partial charge on any atom is 0.267 e. The first kappa shape index (κ1) is 48.5. The van der Waals surface area contributed by atoms with E-state index in [0.717, 1.165) is 38.5 Å². The Labute approximate surface area is 309 Å². The maximum absolute atomic E-state index is 12.6. The second-order valence-electron chi connectivity index (χ2n) is 14.4. The van der Waals surface area contributed by atoms with E-state index in [1.165, 1.54) is 134 Å². The maximum atomic E-state index is 12.6. The Balaban J connectivity index is 3.97. The van der Waals surface area contributed by atoms with Crippen molar-refractivity contribution in [1.82, 2.24) is 5.32 Å². The van der Waals surface area contributed by atoms with Gasteiger partial charge < -0.3 is 15.5 Å². The summed E-state index contributed by atoms with van der Waals surface area (Å²) in [7, 11) is -4.45. The molecule has 3 unspecified atom stereocenters. The van der Waals surface area contributed by atoms with Gasteiger partial charge in [0, 0.05) is 0 Å². The topological polar surface area (TPSA) is 124 Å². The summed E-state index contributed by atoms with van der Waals surface area (Å²) in [5.41, 5.74) is 0. The SMILES string of the molecule is CCCCCCC/C=C/CC/C=C/C(O)C(CS(=O)(=O)O)NC(=O)C(O)CCCCCCCC/C=C\CCCCCCCCCCCCCC. The van der Waals surface area contributed by atoms with Gasteiger partial charge in [0.25, 0.3) is 10.1 Å². The van der Waals surface area contributed by atoms with Crippen LogP contribution in [-0.2, 0) is 14.9 Å². The summed E-state index contributed by atoms with van der Waals surface area (Å²) >= 11 is 0. The fraction of sp³-hybridized carbons (Fsp3) is 0.833. The number of hydrogen-bond donors (Lipinski definition) is 4. The minimum atomic E-state index is -4.45. The van der Waals surface area contributed by atoms with Crippen LogP contribution in [0, 0.1) is 0 Å². The fourth-order valence-corrected chi connectivity index (χ4v) is 6.91. The summed E-state index contributed by atoms with van der Waals surface area (Å²) < 4.78 is 32.4. The normalized spacial score (nSPS) is 14.3. The van der Waals surface area contributed by atoms with Gasteiger partial charge in [0.05, 0.1) is 17.9 Å². The van der Waals surface area contributed by atoms with Crippen LogP contribution in [0.15, 0.2) is 36.5 Å². The first-order valence-corrected chi connectivity index (χ1v) is 22.4. The lowest BCUT2D eigenvalue weighted by Crippen LogP contribution is -2.50. The molecule has 294 valence electrons. The van der Waals surface area contributed by atoms with Gasteiger partial charge in [-0.05, 0) is 57.8 Å². The molecular formula is C42H79NO6S. The number of amides is 1. The van der Waals surface area contributed by atoms with Crippen LogP contribution in [0.5, 0.6) is 0 Å². The number of aliphatic hydroxyl groups excluding tert-OH is 2. The van der Waals surface area contributed by atoms with E-state index in [9.17, 15) is 28.0 Å². The highest BCUT2D eigenvalue weighted by molar-refractivity contribution is 7.85. The molecule has 0 rings (SSSR count). The Bertz CT molecular complexity index is 948. The number of hydrogen-bond acceptors (Lipinski definition) is 5. The molecule has 0 heterocycles. The summed E-state index contributed by atoms with van der Waals surface area (Å²) in [6.45, 7) is 4.48. The van der Waals surface area contributed by atoms with E-state index in [1.54, 1.807) is 6.08 Å². The van der Waals surface area contributed by atoms with Gasteiger partial charge in [-0.15, -0.1) is 0 Å². The molecule has 0 saturated heterocycles. The van der Waals surface area contributed by atoms with Crippen LogP contribution in [0.4, 0.5) is 0 Å². The summed E-state index contributed by atoms with van der Waals surface area (Å²) in [6, 6.07) is -1.25. The molecule has 1 amide bonds. The number of nitrogens with one attached hydrogen (secondary N) is 1. The minimum Gasteiger partial charge on any atom is -0.387 e. The van der Waals surface area contributed by atoms with Crippen molar-refractivity contribution < 1.29 is 28.0 Å². The predicted octanol–water partition coefficient (Wildman–Crippen LogP) is 11.1. The highest BCUT2D eigenvalue weighted by atomic mass is 32.2. The van der Waals surface area contributed by atoms with Crippen LogP contribution in [0.2, 0.25) is 0 Å². The van der Waals surface area contributed by atoms with Crippen molar-refractivity contribution in [3.05, 3.63) is 36.5 Å². The van der Waals surface area contributed by atoms with Gasteiger partial charge >= 0.3 is 0 Å². The van der Waals surface area contributed by atoms with Crippen LogP contribution in [-0.4, -0.2) is 53.1 Å². The molecule has 0 aromatic rings. The first-order chi connectivity index (χ1) is 24.2. The molecular weight excluding hydrogens is 647 g/mol. The summed E-state index contributed by atoms with van der Waals surface area (Å²) in [4.78, 5) is 12.6. The fourth-order valence-electron chi connectivity index (χ4n) is 6.17. The summed E-state index contributed by atoms with van der Waals surface area (Å²) in [6.07, 6.45) is 43.6. The van der Waals surface area contributed by atoms with Gasteiger partial charge in [-0.2, -0.15) is 8.42 Å². The number of carbonyl (C=O) groups excluding carboxylic acids is 1. The zero-order chi connectivity index (χ0) is 37.0. The van der Waals surface area contributed by atoms with E-state index in [4.69, 9.17) is 0 Å². The monoisotopic (exact) mass is 726 g/mol. The van der Waals surface area contributed by atoms with E-state index in [2.05, 4.69) is 43.5 Å². The summed E-state index contributed by atoms with van der Waals surface area (Å²) in [5, 5.41) is 23.3. The zero-order valence-corrected chi connectivity index (χ0v) is 33.2. The van der Waals surface area contributed by atoms with Gasteiger partial charge in [0.1, 0.15) is 6.10 Å². The van der Waals surface area contributed by atoms with Crippen molar-refractivity contribution >= 4 is 16.0 Å². The number of carbonyl (C=O) groups is 1. The Morgan fingerprint density at radius 2 is 0.900 bits per heavy atom. The van der Waals surface area contributed by atoms with Crippen molar-refractivity contribution in [2.24, 2.45) is 0 Å². The first-order valence-electron chi connectivity index (χ1n) is 20.8. The van der Waals surface area contributed by atoms with Crippen molar-refractivity contribution in [2.45, 2.75) is 218 Å². The molecule has 0 bridgehead atoms. The van der Waals surface area contributed by atoms with E-state index in [-0.39, 0.29) is 6.42 Å². The van der Waals surface area contributed by atoms with E-state index in [1.807, 2.05) is 0 Å². The Morgan fingerprint density at radius 3 is 1.32 bits per heavy atom. The third-order valence-corrected chi connectivity index (χ3v) is 10.2. The van der Waals surface area contributed by atoms with Gasteiger partial charge in [-0.1, -0.05) is 179 Å². The van der Waals surface area contributed by atoms with Crippen molar-refractivity contribution in [3.8, 4) is 0 Å². The third-order valence-electron chi connectivity index (χ3n) is 9.40. The molecule has 3 atom stereocenters. The van der Waals surface area contributed by atoms with E-state index < -0.39 is 40.0 Å². The standard InChI is InChI=1S/C42H79NO6S/c1-3-5-7-9-11-13-15-16-17-18-19-20-21-22-23-24-25-27-29-31-33-35-37-41(45)42(46)43-39(38-50(47,48)49)40(44)36-34-32-30-28-26-14-12-10-8-6-4-2/h22-23,26,28,34,36,39-41,44-45H,3-21,24-25,27,29-33,35,37-38H2,1-2H3,(H,43,46)(H,47,48,49)/b23-22-,28-26+,36-34+. The molecule has 0 aromatic carbocycles. The van der Waals surface area contributed by atoms with Crippen LogP contribution in [0.1, 0.15) is 200 Å². The van der Waals surface area contributed by atoms with Crippen molar-refractivity contribution in [3.63, 3.8) is 0 Å². The Kier molecular flexibility index (Phi) is 34.8. The van der Waals surface area contributed by atoms with E-state index in [0.29, 0.717) is 12.8 Å². The molecule has 7 nitrogen and oxygen atoms in total. The predicted molar refractivity (Wildman–Crippen MR) is 213 cm³/mol. The Morgan fingerprint density at radius 1 is 0.540 bits per heavy atom. The van der Waals surface area contributed by atoms with Crippen molar-refractivity contribution in [2.75, 3.05) is 5.75 Å². The van der Waals surface area contributed by atoms with Gasteiger partial charge in [-0.25, -0.2) is 0 Å². The van der Waals surface area contributed by atoms with Crippen LogP contribution >= 0.6 is 0 Å².